The Bertz CT molecular complexity index is 362. The summed E-state index contributed by atoms with van der Waals surface area (Å²) in [6, 6.07) is 6.80. The topological polar surface area (TPSA) is 21.3 Å². The van der Waals surface area contributed by atoms with E-state index in [0.717, 1.165) is 18.9 Å². The van der Waals surface area contributed by atoms with Crippen molar-refractivity contribution in [3.05, 3.63) is 29.3 Å². The van der Waals surface area contributed by atoms with Crippen molar-refractivity contribution in [1.29, 1.82) is 0 Å². The Balaban J connectivity index is 2.63. The van der Waals surface area contributed by atoms with Gasteiger partial charge in [-0.05, 0) is 43.5 Å². The van der Waals surface area contributed by atoms with Crippen molar-refractivity contribution in [3.8, 4) is 5.75 Å². The summed E-state index contributed by atoms with van der Waals surface area (Å²) in [7, 11) is 0. The number of aryl methyl sites for hydroxylation is 2. The van der Waals surface area contributed by atoms with E-state index in [0.29, 0.717) is 12.0 Å². The predicted molar refractivity (Wildman–Crippen MR) is 78.3 cm³/mol. The van der Waals surface area contributed by atoms with Crippen molar-refractivity contribution < 1.29 is 4.74 Å². The molecule has 2 unspecified atom stereocenters. The Labute approximate surface area is 112 Å². The average molecular weight is 249 g/mol. The van der Waals surface area contributed by atoms with Gasteiger partial charge in [-0.1, -0.05) is 39.3 Å². The quantitative estimate of drug-likeness (QED) is 0.795. The minimum Gasteiger partial charge on any atom is -0.492 e. The van der Waals surface area contributed by atoms with Crippen molar-refractivity contribution in [2.75, 3.05) is 13.2 Å². The molecule has 0 spiro atoms. The van der Waals surface area contributed by atoms with Gasteiger partial charge in [-0.3, -0.25) is 0 Å². The molecule has 0 radical (unpaired) electrons. The van der Waals surface area contributed by atoms with E-state index >= 15 is 0 Å². The maximum Gasteiger partial charge on any atom is 0.122 e. The van der Waals surface area contributed by atoms with Crippen LogP contribution in [0.4, 0.5) is 0 Å². The molecule has 0 amide bonds. The van der Waals surface area contributed by atoms with Crippen LogP contribution >= 0.6 is 0 Å². The first-order valence-electron chi connectivity index (χ1n) is 7.01. The highest BCUT2D eigenvalue weighted by Crippen LogP contribution is 2.20. The Morgan fingerprint density at radius 1 is 1.22 bits per heavy atom. The van der Waals surface area contributed by atoms with E-state index in [9.17, 15) is 0 Å². The summed E-state index contributed by atoms with van der Waals surface area (Å²) in [6.45, 7) is 12.6. The van der Waals surface area contributed by atoms with Crippen LogP contribution in [0.5, 0.6) is 5.75 Å². The smallest absolute Gasteiger partial charge is 0.122 e. The van der Waals surface area contributed by atoms with Gasteiger partial charge in [0, 0.05) is 6.04 Å². The monoisotopic (exact) mass is 249 g/mol. The Hall–Kier alpha value is -1.02. The number of rotatable bonds is 7. The third-order valence-corrected chi connectivity index (χ3v) is 3.56. The third-order valence-electron chi connectivity index (χ3n) is 3.56. The number of hydrogen-bond acceptors (Lipinski definition) is 2. The molecule has 0 saturated carbocycles. The summed E-state index contributed by atoms with van der Waals surface area (Å²) >= 11 is 0. The van der Waals surface area contributed by atoms with Crippen LogP contribution in [0.25, 0.3) is 0 Å². The SMILES string of the molecule is CCNC(COc1cc(C)ccc1C)C(C)CC. The fraction of sp³-hybridized carbons (Fsp3) is 0.625. The van der Waals surface area contributed by atoms with E-state index < -0.39 is 0 Å². The number of likely N-dealkylation sites (N-methyl/N-ethyl adjacent to an activating group) is 1. The third kappa shape index (κ3) is 4.34. The van der Waals surface area contributed by atoms with Gasteiger partial charge in [-0.2, -0.15) is 0 Å². The molecule has 1 rings (SSSR count). The normalized spacial score (nSPS) is 14.3. The van der Waals surface area contributed by atoms with Gasteiger partial charge in [0.25, 0.3) is 0 Å². The average Bonchev–Trinajstić information content (AvgIpc) is 2.37. The molecule has 0 fully saturated rings. The highest BCUT2D eigenvalue weighted by atomic mass is 16.5. The van der Waals surface area contributed by atoms with E-state index in [4.69, 9.17) is 4.74 Å². The van der Waals surface area contributed by atoms with Crippen LogP contribution in [0.15, 0.2) is 18.2 Å². The zero-order chi connectivity index (χ0) is 13.5. The number of ether oxygens (including phenoxy) is 1. The highest BCUT2D eigenvalue weighted by Gasteiger charge is 2.15. The molecular weight excluding hydrogens is 222 g/mol. The first-order valence-corrected chi connectivity index (χ1v) is 7.01. The van der Waals surface area contributed by atoms with Crippen LogP contribution in [-0.4, -0.2) is 19.2 Å². The lowest BCUT2D eigenvalue weighted by molar-refractivity contribution is 0.221. The zero-order valence-corrected chi connectivity index (χ0v) is 12.4. The van der Waals surface area contributed by atoms with E-state index in [1.807, 2.05) is 0 Å². The molecule has 2 atom stereocenters. The molecule has 0 bridgehead atoms. The number of hydrogen-bond donors (Lipinski definition) is 1. The van der Waals surface area contributed by atoms with Gasteiger partial charge in [-0.25, -0.2) is 0 Å². The largest absolute Gasteiger partial charge is 0.492 e. The molecule has 0 aromatic heterocycles. The van der Waals surface area contributed by atoms with Gasteiger partial charge in [-0.15, -0.1) is 0 Å². The second kappa shape index (κ2) is 7.42. The first-order chi connectivity index (χ1) is 8.58. The van der Waals surface area contributed by atoms with Crippen molar-refractivity contribution in [1.82, 2.24) is 5.32 Å². The molecule has 1 N–H and O–H groups in total. The molecule has 102 valence electrons. The van der Waals surface area contributed by atoms with Gasteiger partial charge in [0.1, 0.15) is 12.4 Å². The Morgan fingerprint density at radius 3 is 2.56 bits per heavy atom. The summed E-state index contributed by atoms with van der Waals surface area (Å²) in [5, 5.41) is 3.51. The van der Waals surface area contributed by atoms with Crippen LogP contribution in [0, 0.1) is 19.8 Å². The van der Waals surface area contributed by atoms with Crippen LogP contribution in [0.2, 0.25) is 0 Å². The molecule has 0 saturated heterocycles. The summed E-state index contributed by atoms with van der Waals surface area (Å²) in [5.41, 5.74) is 2.46. The second-order valence-electron chi connectivity index (χ2n) is 5.13. The molecule has 0 heterocycles. The highest BCUT2D eigenvalue weighted by molar-refractivity contribution is 5.35. The minimum absolute atomic E-state index is 0.430. The summed E-state index contributed by atoms with van der Waals surface area (Å²) < 4.78 is 5.99. The maximum atomic E-state index is 5.99. The molecule has 0 aliphatic heterocycles. The lowest BCUT2D eigenvalue weighted by Gasteiger charge is -2.24. The van der Waals surface area contributed by atoms with Gasteiger partial charge in [0.05, 0.1) is 0 Å². The van der Waals surface area contributed by atoms with Crippen LogP contribution < -0.4 is 10.1 Å². The standard InChI is InChI=1S/C16H27NO/c1-6-13(4)15(17-7-2)11-18-16-10-12(3)8-9-14(16)5/h8-10,13,15,17H,6-7,11H2,1-5H3. The van der Waals surface area contributed by atoms with Crippen LogP contribution in [-0.2, 0) is 0 Å². The van der Waals surface area contributed by atoms with Crippen LogP contribution in [0.1, 0.15) is 38.3 Å². The summed E-state index contributed by atoms with van der Waals surface area (Å²) in [5.74, 6) is 1.65. The van der Waals surface area contributed by atoms with Crippen molar-refractivity contribution in [2.45, 2.75) is 47.1 Å². The van der Waals surface area contributed by atoms with Gasteiger partial charge in [0.2, 0.25) is 0 Å². The lowest BCUT2D eigenvalue weighted by atomic mass is 10.00. The zero-order valence-electron chi connectivity index (χ0n) is 12.4. The Morgan fingerprint density at radius 2 is 1.94 bits per heavy atom. The number of nitrogens with one attached hydrogen (secondary N) is 1. The minimum atomic E-state index is 0.430. The maximum absolute atomic E-state index is 5.99. The second-order valence-corrected chi connectivity index (χ2v) is 5.13. The Kier molecular flexibility index (Phi) is 6.20. The molecule has 1 aromatic carbocycles. The summed E-state index contributed by atoms with van der Waals surface area (Å²) in [4.78, 5) is 0. The van der Waals surface area contributed by atoms with E-state index in [1.165, 1.54) is 17.5 Å². The van der Waals surface area contributed by atoms with Crippen molar-refractivity contribution in [2.24, 2.45) is 5.92 Å². The van der Waals surface area contributed by atoms with E-state index in [1.54, 1.807) is 0 Å². The molecule has 1 aromatic rings. The summed E-state index contributed by atoms with van der Waals surface area (Å²) in [6.07, 6.45) is 1.17. The van der Waals surface area contributed by atoms with Crippen molar-refractivity contribution >= 4 is 0 Å². The van der Waals surface area contributed by atoms with Crippen molar-refractivity contribution in [3.63, 3.8) is 0 Å². The van der Waals surface area contributed by atoms with E-state index in [2.05, 4.69) is 58.1 Å². The lowest BCUT2D eigenvalue weighted by Crippen LogP contribution is -2.39. The molecular formula is C16H27NO. The molecule has 2 heteroatoms. The molecule has 0 aliphatic carbocycles. The van der Waals surface area contributed by atoms with Gasteiger partial charge < -0.3 is 10.1 Å². The molecule has 0 aliphatic rings. The predicted octanol–water partition coefficient (Wildman–Crippen LogP) is 3.71. The van der Waals surface area contributed by atoms with E-state index in [-0.39, 0.29) is 0 Å². The van der Waals surface area contributed by atoms with Crippen LogP contribution in [0.3, 0.4) is 0 Å². The fourth-order valence-corrected chi connectivity index (χ4v) is 2.01. The molecule has 18 heavy (non-hydrogen) atoms. The number of benzene rings is 1. The first kappa shape index (κ1) is 15.0. The van der Waals surface area contributed by atoms with Gasteiger partial charge in [0.15, 0.2) is 0 Å². The molecule has 2 nitrogen and oxygen atoms in total. The van der Waals surface area contributed by atoms with Gasteiger partial charge >= 0.3 is 0 Å². The fourth-order valence-electron chi connectivity index (χ4n) is 2.01.